The molecule has 0 amide bonds. The first kappa shape index (κ1) is 16.2. The second-order valence-corrected chi connectivity index (χ2v) is 5.72. The lowest BCUT2D eigenvalue weighted by molar-refractivity contribution is -0.0734. The number of rotatable bonds is 5. The van der Waals surface area contributed by atoms with Crippen LogP contribution in [0.2, 0.25) is 0 Å². The van der Waals surface area contributed by atoms with E-state index in [1.54, 1.807) is 13.0 Å². The monoisotopic (exact) mass is 351 g/mol. The maximum Gasteiger partial charge on any atom is 0.272 e. The van der Waals surface area contributed by atoms with E-state index in [0.29, 0.717) is 29.2 Å². The summed E-state index contributed by atoms with van der Waals surface area (Å²) in [5.74, 6) is 0.400. The van der Waals surface area contributed by atoms with E-state index in [9.17, 15) is 9.90 Å². The Morgan fingerprint density at radius 2 is 2.04 bits per heavy atom. The van der Waals surface area contributed by atoms with Gasteiger partial charge >= 0.3 is 0 Å². The number of fused-ring (bicyclic) bond motifs is 2. The Hall–Kier alpha value is -3.23. The Bertz CT molecular complexity index is 1130. The second-order valence-electron chi connectivity index (χ2n) is 5.72. The highest BCUT2D eigenvalue weighted by atomic mass is 16.6. The fourth-order valence-electron chi connectivity index (χ4n) is 2.87. The lowest BCUT2D eigenvalue weighted by atomic mass is 10.0. The van der Waals surface area contributed by atoms with Gasteiger partial charge in [0.2, 0.25) is 12.4 Å². The van der Waals surface area contributed by atoms with Crippen molar-refractivity contribution in [3.05, 3.63) is 52.8 Å². The Morgan fingerprint density at radius 3 is 2.85 bits per heavy atom. The zero-order valence-corrected chi connectivity index (χ0v) is 14.0. The Kier molecular flexibility index (Phi) is 4.11. The number of aromatic nitrogens is 4. The Morgan fingerprint density at radius 1 is 1.23 bits per heavy atom. The SMILES string of the molecule is CCOC(O)Nc1nc2cc(-c3n[nH]c(=O)c4ccccc34)ccc2[nH]1. The van der Waals surface area contributed by atoms with E-state index >= 15 is 0 Å². The van der Waals surface area contributed by atoms with Gasteiger partial charge in [-0.3, -0.25) is 4.79 Å². The van der Waals surface area contributed by atoms with Crippen LogP contribution < -0.4 is 10.9 Å². The second kappa shape index (κ2) is 6.58. The van der Waals surface area contributed by atoms with Crippen molar-refractivity contribution in [3.8, 4) is 11.3 Å². The summed E-state index contributed by atoms with van der Waals surface area (Å²) in [5.41, 5.74) is 2.78. The van der Waals surface area contributed by atoms with Crippen LogP contribution in [0.4, 0.5) is 5.95 Å². The molecule has 0 saturated heterocycles. The van der Waals surface area contributed by atoms with Crippen LogP contribution in [0, 0.1) is 0 Å². The van der Waals surface area contributed by atoms with Gasteiger partial charge in [0.25, 0.3) is 5.56 Å². The molecule has 4 aromatic rings. The largest absolute Gasteiger partial charge is 0.351 e. The molecule has 0 radical (unpaired) electrons. The van der Waals surface area contributed by atoms with E-state index in [-0.39, 0.29) is 5.56 Å². The third-order valence-corrected chi connectivity index (χ3v) is 4.04. The summed E-state index contributed by atoms with van der Waals surface area (Å²) in [6.07, 6.45) is -1.13. The summed E-state index contributed by atoms with van der Waals surface area (Å²) in [4.78, 5) is 19.4. The summed E-state index contributed by atoms with van der Waals surface area (Å²) in [6.45, 7) is 2.17. The number of ether oxygens (including phenoxy) is 1. The van der Waals surface area contributed by atoms with Crippen LogP contribution in [-0.4, -0.2) is 38.3 Å². The van der Waals surface area contributed by atoms with Crippen LogP contribution in [-0.2, 0) is 4.74 Å². The van der Waals surface area contributed by atoms with E-state index in [4.69, 9.17) is 4.74 Å². The summed E-state index contributed by atoms with van der Waals surface area (Å²) in [6, 6.07) is 13.0. The molecule has 132 valence electrons. The predicted molar refractivity (Wildman–Crippen MR) is 98.7 cm³/mol. The van der Waals surface area contributed by atoms with Crippen molar-refractivity contribution >= 4 is 27.8 Å². The van der Waals surface area contributed by atoms with Crippen LogP contribution in [0.15, 0.2) is 47.3 Å². The molecule has 0 fully saturated rings. The standard InChI is InChI=1S/C18H17N5O3/c1-2-26-18(25)21-17-19-13-8-7-10(9-14(13)20-17)15-11-5-3-4-6-12(11)16(24)23-22-15/h3-9,18,25H,2H2,1H3,(H,23,24)(H2,19,20,21). The molecular formula is C18H17N5O3. The minimum absolute atomic E-state index is 0.221. The van der Waals surface area contributed by atoms with Crippen molar-refractivity contribution < 1.29 is 9.84 Å². The minimum atomic E-state index is -1.13. The highest BCUT2D eigenvalue weighted by Gasteiger charge is 2.11. The van der Waals surface area contributed by atoms with Crippen molar-refractivity contribution in [1.82, 2.24) is 20.2 Å². The number of benzene rings is 2. The van der Waals surface area contributed by atoms with Gasteiger partial charge in [-0.2, -0.15) is 5.10 Å². The third kappa shape index (κ3) is 2.92. The fraction of sp³-hybridized carbons (Fsp3) is 0.167. The molecule has 0 bridgehead atoms. The lowest BCUT2D eigenvalue weighted by Gasteiger charge is -2.10. The molecular weight excluding hydrogens is 334 g/mol. The van der Waals surface area contributed by atoms with Gasteiger partial charge in [0, 0.05) is 17.6 Å². The smallest absolute Gasteiger partial charge is 0.272 e. The molecule has 4 N–H and O–H groups in total. The first-order valence-electron chi connectivity index (χ1n) is 8.19. The van der Waals surface area contributed by atoms with Crippen molar-refractivity contribution in [3.63, 3.8) is 0 Å². The summed E-state index contributed by atoms with van der Waals surface area (Å²) in [7, 11) is 0. The molecule has 2 heterocycles. The number of hydrogen-bond donors (Lipinski definition) is 4. The molecule has 8 nitrogen and oxygen atoms in total. The van der Waals surface area contributed by atoms with Gasteiger partial charge in [0.15, 0.2) is 0 Å². The van der Waals surface area contributed by atoms with Gasteiger partial charge < -0.3 is 20.1 Å². The maximum absolute atomic E-state index is 12.0. The quantitative estimate of drug-likeness (QED) is 0.410. The Balaban J connectivity index is 1.76. The third-order valence-electron chi connectivity index (χ3n) is 4.04. The number of imidazole rings is 1. The molecule has 1 atom stereocenters. The predicted octanol–water partition coefficient (Wildman–Crippen LogP) is 2.19. The molecule has 0 spiro atoms. The van der Waals surface area contributed by atoms with Crippen LogP contribution in [0.5, 0.6) is 0 Å². The van der Waals surface area contributed by atoms with Gasteiger partial charge in [0.05, 0.1) is 22.1 Å². The molecule has 4 rings (SSSR count). The molecule has 1 unspecified atom stereocenters. The number of anilines is 1. The first-order valence-corrected chi connectivity index (χ1v) is 8.19. The van der Waals surface area contributed by atoms with Gasteiger partial charge in [-0.15, -0.1) is 0 Å². The van der Waals surface area contributed by atoms with Gasteiger partial charge in [0.1, 0.15) is 0 Å². The van der Waals surface area contributed by atoms with Crippen LogP contribution in [0.1, 0.15) is 6.92 Å². The molecule has 26 heavy (non-hydrogen) atoms. The molecule has 0 aliphatic heterocycles. The zero-order valence-electron chi connectivity index (χ0n) is 14.0. The van der Waals surface area contributed by atoms with E-state index < -0.39 is 6.41 Å². The number of aliphatic hydroxyl groups is 1. The zero-order chi connectivity index (χ0) is 18.1. The summed E-state index contributed by atoms with van der Waals surface area (Å²) in [5, 5.41) is 20.5. The molecule has 2 aromatic heterocycles. The number of nitrogens with zero attached hydrogens (tertiary/aromatic N) is 2. The highest BCUT2D eigenvalue weighted by Crippen LogP contribution is 2.27. The summed E-state index contributed by atoms with van der Waals surface area (Å²) >= 11 is 0. The van der Waals surface area contributed by atoms with Crippen molar-refractivity contribution in [2.45, 2.75) is 13.3 Å². The van der Waals surface area contributed by atoms with Crippen molar-refractivity contribution in [1.29, 1.82) is 0 Å². The maximum atomic E-state index is 12.0. The first-order chi connectivity index (χ1) is 12.7. The number of H-pyrrole nitrogens is 2. The minimum Gasteiger partial charge on any atom is -0.351 e. The van der Waals surface area contributed by atoms with E-state index in [1.807, 2.05) is 36.4 Å². The van der Waals surface area contributed by atoms with Crippen LogP contribution in [0.3, 0.4) is 0 Å². The molecule has 2 aromatic carbocycles. The number of aromatic amines is 2. The molecule has 8 heteroatoms. The van der Waals surface area contributed by atoms with Crippen LogP contribution in [0.25, 0.3) is 33.1 Å². The van der Waals surface area contributed by atoms with Crippen molar-refractivity contribution in [2.24, 2.45) is 0 Å². The summed E-state index contributed by atoms with van der Waals surface area (Å²) < 4.78 is 5.03. The van der Waals surface area contributed by atoms with E-state index in [2.05, 4.69) is 25.5 Å². The topological polar surface area (TPSA) is 116 Å². The Labute approximate surface area is 147 Å². The average Bonchev–Trinajstić information content (AvgIpc) is 3.03. The lowest BCUT2D eigenvalue weighted by Crippen LogP contribution is -2.22. The van der Waals surface area contributed by atoms with E-state index in [1.165, 1.54) is 0 Å². The van der Waals surface area contributed by atoms with Gasteiger partial charge in [-0.05, 0) is 25.1 Å². The fourth-order valence-corrected chi connectivity index (χ4v) is 2.87. The van der Waals surface area contributed by atoms with E-state index in [0.717, 1.165) is 16.5 Å². The normalized spacial score (nSPS) is 12.5. The average molecular weight is 351 g/mol. The molecule has 0 aliphatic rings. The van der Waals surface area contributed by atoms with Gasteiger partial charge in [-0.25, -0.2) is 10.1 Å². The van der Waals surface area contributed by atoms with Gasteiger partial charge in [-0.1, -0.05) is 24.3 Å². The molecule has 0 aliphatic carbocycles. The van der Waals surface area contributed by atoms with Crippen LogP contribution >= 0.6 is 0 Å². The number of nitrogens with one attached hydrogen (secondary N) is 3. The van der Waals surface area contributed by atoms with Crippen molar-refractivity contribution in [2.75, 3.05) is 11.9 Å². The number of aliphatic hydroxyl groups excluding tert-OH is 1. The molecule has 0 saturated carbocycles. The number of hydrogen-bond acceptors (Lipinski definition) is 6. The highest BCUT2D eigenvalue weighted by molar-refractivity contribution is 5.95.